The van der Waals surface area contributed by atoms with Gasteiger partial charge in [-0.2, -0.15) is 0 Å². The van der Waals surface area contributed by atoms with Crippen LogP contribution in [0.15, 0.2) is 30.3 Å². The van der Waals surface area contributed by atoms with Gasteiger partial charge in [-0.15, -0.1) is 0 Å². The molecule has 0 unspecified atom stereocenters. The molecule has 1 saturated carbocycles. The van der Waals surface area contributed by atoms with Gasteiger partial charge in [0.1, 0.15) is 11.7 Å². The third kappa shape index (κ3) is 3.48. The zero-order valence-corrected chi connectivity index (χ0v) is 17.6. The van der Waals surface area contributed by atoms with Gasteiger partial charge in [0, 0.05) is 45.1 Å². The van der Waals surface area contributed by atoms with Crippen molar-refractivity contribution in [2.24, 2.45) is 0 Å². The first-order valence-corrected chi connectivity index (χ1v) is 11.4. The van der Waals surface area contributed by atoms with Crippen molar-refractivity contribution in [2.45, 2.75) is 62.8 Å². The Hall–Kier alpha value is -2.12. The monoisotopic (exact) mass is 412 g/mol. The van der Waals surface area contributed by atoms with E-state index >= 15 is 0 Å². The van der Waals surface area contributed by atoms with E-state index in [9.17, 15) is 9.59 Å². The average molecular weight is 413 g/mol. The summed E-state index contributed by atoms with van der Waals surface area (Å²) in [5.41, 5.74) is 0.858. The second-order valence-corrected chi connectivity index (χ2v) is 9.09. The number of carbonyl (C=O) groups excluding carboxylic acids is 2. The standard InChI is InChI=1S/C23H32N4O3/c28-21-20-17-25(22(29)24-19-8-4-5-9-19)12-13-26(20)23(10-14-30-15-11-23)27(21)16-18-6-2-1-3-7-18/h1-3,6-7,19-20H,4-5,8-17H2,(H,24,29)/t20-/m1/s1. The Morgan fingerprint density at radius 2 is 1.83 bits per heavy atom. The molecule has 4 aliphatic rings. The number of ether oxygens (including phenoxy) is 1. The van der Waals surface area contributed by atoms with Gasteiger partial charge in [-0.3, -0.25) is 9.69 Å². The average Bonchev–Trinajstić information content (AvgIpc) is 3.37. The highest BCUT2D eigenvalue weighted by Gasteiger charge is 2.58. The minimum absolute atomic E-state index is 0.00288. The Morgan fingerprint density at radius 1 is 1.10 bits per heavy atom. The summed E-state index contributed by atoms with van der Waals surface area (Å²) in [6.45, 7) is 3.84. The van der Waals surface area contributed by atoms with Crippen molar-refractivity contribution in [1.29, 1.82) is 0 Å². The lowest BCUT2D eigenvalue weighted by Crippen LogP contribution is -2.63. The smallest absolute Gasteiger partial charge is 0.317 e. The van der Waals surface area contributed by atoms with Gasteiger partial charge in [0.25, 0.3) is 0 Å². The Bertz CT molecular complexity index is 774. The number of nitrogens with zero attached hydrogens (tertiary/aromatic N) is 3. The van der Waals surface area contributed by atoms with Crippen LogP contribution in [-0.2, 0) is 16.1 Å². The zero-order chi connectivity index (χ0) is 20.6. The Balaban J connectivity index is 1.35. The molecule has 5 rings (SSSR count). The highest BCUT2D eigenvalue weighted by atomic mass is 16.5. The number of nitrogens with one attached hydrogen (secondary N) is 1. The fourth-order valence-corrected chi connectivity index (χ4v) is 5.80. The molecule has 0 radical (unpaired) electrons. The maximum Gasteiger partial charge on any atom is 0.317 e. The number of urea groups is 1. The number of piperazine rings is 1. The summed E-state index contributed by atoms with van der Waals surface area (Å²) in [7, 11) is 0. The van der Waals surface area contributed by atoms with Crippen LogP contribution in [0.3, 0.4) is 0 Å². The molecular weight excluding hydrogens is 380 g/mol. The second-order valence-electron chi connectivity index (χ2n) is 9.09. The maximum atomic E-state index is 13.6. The molecule has 3 amide bonds. The predicted molar refractivity (Wildman–Crippen MR) is 113 cm³/mol. The number of amides is 3. The first kappa shape index (κ1) is 19.8. The molecule has 7 heteroatoms. The molecule has 7 nitrogen and oxygen atoms in total. The zero-order valence-electron chi connectivity index (χ0n) is 17.6. The van der Waals surface area contributed by atoms with E-state index in [0.717, 1.165) is 37.8 Å². The van der Waals surface area contributed by atoms with Gasteiger partial charge in [0.2, 0.25) is 5.91 Å². The quantitative estimate of drug-likeness (QED) is 0.827. The molecule has 1 aromatic rings. The number of carbonyl (C=O) groups is 2. The lowest BCUT2D eigenvalue weighted by atomic mass is 9.96. The molecule has 30 heavy (non-hydrogen) atoms. The third-order valence-electron chi connectivity index (χ3n) is 7.42. The van der Waals surface area contributed by atoms with E-state index in [0.29, 0.717) is 38.9 Å². The van der Waals surface area contributed by atoms with Crippen LogP contribution in [0.5, 0.6) is 0 Å². The van der Waals surface area contributed by atoms with Crippen LogP contribution in [0, 0.1) is 0 Å². The number of fused-ring (bicyclic) bond motifs is 2. The first-order chi connectivity index (χ1) is 14.7. The van der Waals surface area contributed by atoms with Crippen LogP contribution in [0.4, 0.5) is 4.79 Å². The minimum atomic E-state index is -0.288. The largest absolute Gasteiger partial charge is 0.381 e. The highest BCUT2D eigenvalue weighted by molar-refractivity contribution is 5.87. The van der Waals surface area contributed by atoms with E-state index in [4.69, 9.17) is 4.74 Å². The molecule has 0 bridgehead atoms. The molecule has 3 saturated heterocycles. The summed E-state index contributed by atoms with van der Waals surface area (Å²) in [5, 5.41) is 3.19. The summed E-state index contributed by atoms with van der Waals surface area (Å²) >= 11 is 0. The predicted octanol–water partition coefficient (Wildman–Crippen LogP) is 2.17. The first-order valence-electron chi connectivity index (χ1n) is 11.4. The van der Waals surface area contributed by atoms with Crippen molar-refractivity contribution in [2.75, 3.05) is 32.8 Å². The fourth-order valence-electron chi connectivity index (χ4n) is 5.80. The molecular formula is C23H32N4O3. The topological polar surface area (TPSA) is 65.1 Å². The highest BCUT2D eigenvalue weighted by Crippen LogP contribution is 2.42. The summed E-state index contributed by atoms with van der Waals surface area (Å²) in [5.74, 6) is 0.152. The molecule has 1 N–H and O–H groups in total. The van der Waals surface area contributed by atoms with E-state index in [1.807, 2.05) is 23.1 Å². The molecule has 162 valence electrons. The number of benzene rings is 1. The van der Waals surface area contributed by atoms with Crippen LogP contribution in [-0.4, -0.2) is 77.2 Å². The van der Waals surface area contributed by atoms with Crippen LogP contribution < -0.4 is 5.32 Å². The third-order valence-corrected chi connectivity index (χ3v) is 7.42. The molecule has 1 atom stereocenters. The van der Waals surface area contributed by atoms with E-state index in [-0.39, 0.29) is 23.6 Å². The van der Waals surface area contributed by atoms with Crippen molar-refractivity contribution in [3.8, 4) is 0 Å². The van der Waals surface area contributed by atoms with Crippen LogP contribution in [0.25, 0.3) is 0 Å². The molecule has 3 aliphatic heterocycles. The van der Waals surface area contributed by atoms with Crippen molar-refractivity contribution in [1.82, 2.24) is 20.0 Å². The number of rotatable bonds is 3. The number of hydrogen-bond donors (Lipinski definition) is 1. The summed E-state index contributed by atoms with van der Waals surface area (Å²) in [4.78, 5) is 32.8. The van der Waals surface area contributed by atoms with Gasteiger partial charge in [-0.25, -0.2) is 4.79 Å². The summed E-state index contributed by atoms with van der Waals surface area (Å²) < 4.78 is 5.66. The van der Waals surface area contributed by atoms with Crippen molar-refractivity contribution in [3.05, 3.63) is 35.9 Å². The summed E-state index contributed by atoms with van der Waals surface area (Å²) in [6.07, 6.45) is 6.19. The van der Waals surface area contributed by atoms with Crippen LogP contribution >= 0.6 is 0 Å². The Labute approximate surface area is 178 Å². The molecule has 0 aromatic heterocycles. The van der Waals surface area contributed by atoms with Crippen LogP contribution in [0.2, 0.25) is 0 Å². The lowest BCUT2D eigenvalue weighted by Gasteiger charge is -2.49. The molecule has 1 aromatic carbocycles. The SMILES string of the molecule is O=C(NC1CCCC1)N1CCN2[C@H](C1)C(=O)N(Cc1ccccc1)C21CCOCC1. The van der Waals surface area contributed by atoms with Gasteiger partial charge in [0.15, 0.2) is 0 Å². The van der Waals surface area contributed by atoms with E-state index in [2.05, 4.69) is 27.2 Å². The molecule has 1 aliphatic carbocycles. The van der Waals surface area contributed by atoms with Crippen LogP contribution in [0.1, 0.15) is 44.1 Å². The van der Waals surface area contributed by atoms with Gasteiger partial charge >= 0.3 is 6.03 Å². The van der Waals surface area contributed by atoms with E-state index in [1.165, 1.54) is 12.8 Å². The van der Waals surface area contributed by atoms with E-state index < -0.39 is 0 Å². The fraction of sp³-hybridized carbons (Fsp3) is 0.652. The number of hydrogen-bond acceptors (Lipinski definition) is 4. The van der Waals surface area contributed by atoms with Gasteiger partial charge < -0.3 is 19.9 Å². The second kappa shape index (κ2) is 8.19. The molecule has 4 fully saturated rings. The van der Waals surface area contributed by atoms with Crippen molar-refractivity contribution >= 4 is 11.9 Å². The van der Waals surface area contributed by atoms with Crippen molar-refractivity contribution in [3.63, 3.8) is 0 Å². The van der Waals surface area contributed by atoms with Gasteiger partial charge in [-0.1, -0.05) is 43.2 Å². The lowest BCUT2D eigenvalue weighted by molar-refractivity contribution is -0.137. The molecule has 3 heterocycles. The Kier molecular flexibility index (Phi) is 5.41. The molecule has 1 spiro atoms. The Morgan fingerprint density at radius 3 is 2.57 bits per heavy atom. The maximum absolute atomic E-state index is 13.6. The van der Waals surface area contributed by atoms with Crippen molar-refractivity contribution < 1.29 is 14.3 Å². The minimum Gasteiger partial charge on any atom is -0.381 e. The normalized spacial score (nSPS) is 26.9. The van der Waals surface area contributed by atoms with Gasteiger partial charge in [0.05, 0.1) is 13.2 Å². The van der Waals surface area contributed by atoms with E-state index in [1.54, 1.807) is 0 Å². The summed E-state index contributed by atoms with van der Waals surface area (Å²) in [6, 6.07) is 10.3. The van der Waals surface area contributed by atoms with Gasteiger partial charge in [-0.05, 0) is 18.4 Å².